The molecule has 1 heterocycles. The number of carbonyl (C=O) groups excluding carboxylic acids is 1. The molecule has 0 radical (unpaired) electrons. The highest BCUT2D eigenvalue weighted by Gasteiger charge is 2.17. The minimum absolute atomic E-state index is 0.0300. The number of nitriles is 1. The van der Waals surface area contributed by atoms with Crippen LogP contribution < -0.4 is 0 Å². The fourth-order valence-electron chi connectivity index (χ4n) is 2.44. The van der Waals surface area contributed by atoms with Crippen molar-refractivity contribution >= 4 is 16.8 Å². The largest absolute Gasteiger partial charge is 0.320 e. The van der Waals surface area contributed by atoms with E-state index in [9.17, 15) is 4.79 Å². The van der Waals surface area contributed by atoms with Gasteiger partial charge in [-0.15, -0.1) is 0 Å². The Kier molecular flexibility index (Phi) is 4.30. The zero-order valence-electron chi connectivity index (χ0n) is 12.5. The van der Waals surface area contributed by atoms with Crippen LogP contribution in [0.1, 0.15) is 16.1 Å². The lowest BCUT2D eigenvalue weighted by Crippen LogP contribution is -2.31. The summed E-state index contributed by atoms with van der Waals surface area (Å²) in [4.78, 5) is 18.6. The van der Waals surface area contributed by atoms with Gasteiger partial charge in [-0.25, -0.2) is 4.98 Å². The molecule has 0 aliphatic carbocycles. The van der Waals surface area contributed by atoms with Crippen LogP contribution in [0.4, 0.5) is 0 Å². The lowest BCUT2D eigenvalue weighted by Gasteiger charge is -2.19. The molecule has 1 amide bonds. The molecule has 0 saturated heterocycles. The molecule has 4 nitrogen and oxygen atoms in total. The van der Waals surface area contributed by atoms with Crippen molar-refractivity contribution < 1.29 is 4.79 Å². The minimum Gasteiger partial charge on any atom is -0.320 e. The Balaban J connectivity index is 1.88. The minimum atomic E-state index is -0.235. The molecular weight excluding hydrogens is 286 g/mol. The van der Waals surface area contributed by atoms with Crippen molar-refractivity contribution in [1.82, 2.24) is 9.88 Å². The molecular formula is C19H15N3O. The van der Waals surface area contributed by atoms with Crippen molar-refractivity contribution in [2.75, 3.05) is 6.54 Å². The zero-order chi connectivity index (χ0) is 16.1. The van der Waals surface area contributed by atoms with Gasteiger partial charge in [0, 0.05) is 11.9 Å². The highest BCUT2D eigenvalue weighted by atomic mass is 16.2. The van der Waals surface area contributed by atoms with Gasteiger partial charge in [0.2, 0.25) is 0 Å². The van der Waals surface area contributed by atoms with Gasteiger partial charge in [0.15, 0.2) is 0 Å². The molecule has 3 aromatic rings. The maximum atomic E-state index is 12.7. The first-order valence-corrected chi connectivity index (χ1v) is 7.34. The number of aromatic nitrogens is 1. The molecule has 0 saturated carbocycles. The smallest absolute Gasteiger partial charge is 0.273 e. The van der Waals surface area contributed by atoms with Crippen LogP contribution >= 0.6 is 0 Å². The van der Waals surface area contributed by atoms with Crippen molar-refractivity contribution in [2.45, 2.75) is 6.54 Å². The van der Waals surface area contributed by atoms with Crippen LogP contribution in [0.3, 0.4) is 0 Å². The number of hydrogen-bond donors (Lipinski definition) is 0. The zero-order valence-corrected chi connectivity index (χ0v) is 12.5. The van der Waals surface area contributed by atoms with Crippen LogP contribution in [-0.4, -0.2) is 22.3 Å². The first kappa shape index (κ1) is 14.7. The van der Waals surface area contributed by atoms with Crippen molar-refractivity contribution in [3.63, 3.8) is 0 Å². The maximum Gasteiger partial charge on any atom is 0.273 e. The summed E-state index contributed by atoms with van der Waals surface area (Å²) in [6, 6.07) is 22.9. The Morgan fingerprint density at radius 2 is 1.74 bits per heavy atom. The summed E-state index contributed by atoms with van der Waals surface area (Å²) in [6.45, 7) is 0.421. The molecule has 3 rings (SSSR count). The third-order valence-corrected chi connectivity index (χ3v) is 3.58. The van der Waals surface area contributed by atoms with Gasteiger partial charge in [0.05, 0.1) is 11.6 Å². The van der Waals surface area contributed by atoms with Crippen LogP contribution in [0, 0.1) is 11.3 Å². The standard InChI is InChI=1S/C19H15N3O/c20-12-13-22(14-15-6-2-1-3-7-15)19(23)18-11-10-16-8-4-5-9-17(16)21-18/h1-11H,13-14H2. The second-order valence-electron chi connectivity index (χ2n) is 5.19. The van der Waals surface area contributed by atoms with E-state index in [1.165, 1.54) is 4.90 Å². The van der Waals surface area contributed by atoms with Crippen molar-refractivity contribution in [2.24, 2.45) is 0 Å². The third kappa shape index (κ3) is 3.35. The molecule has 0 N–H and O–H groups in total. The molecule has 112 valence electrons. The van der Waals surface area contributed by atoms with Gasteiger partial charge >= 0.3 is 0 Å². The fourth-order valence-corrected chi connectivity index (χ4v) is 2.44. The normalized spacial score (nSPS) is 10.2. The number of nitrogens with zero attached hydrogens (tertiary/aromatic N) is 3. The van der Waals surface area contributed by atoms with E-state index in [1.54, 1.807) is 6.07 Å². The Labute approximate surface area is 134 Å². The summed E-state index contributed by atoms with van der Waals surface area (Å²) < 4.78 is 0. The molecule has 4 heteroatoms. The number of hydrogen-bond acceptors (Lipinski definition) is 3. The van der Waals surface area contributed by atoms with E-state index in [4.69, 9.17) is 5.26 Å². The Morgan fingerprint density at radius 1 is 1.00 bits per heavy atom. The second-order valence-corrected chi connectivity index (χ2v) is 5.19. The van der Waals surface area contributed by atoms with Gasteiger partial charge in [-0.2, -0.15) is 5.26 Å². The summed E-state index contributed by atoms with van der Waals surface area (Å²) >= 11 is 0. The molecule has 0 spiro atoms. The van der Waals surface area contributed by atoms with E-state index in [2.05, 4.69) is 11.1 Å². The summed E-state index contributed by atoms with van der Waals surface area (Å²) in [6.07, 6.45) is 0. The summed E-state index contributed by atoms with van der Waals surface area (Å²) in [5.41, 5.74) is 2.11. The van der Waals surface area contributed by atoms with E-state index in [1.807, 2.05) is 60.7 Å². The fraction of sp³-hybridized carbons (Fsp3) is 0.105. The number of amides is 1. The summed E-state index contributed by atoms with van der Waals surface area (Å²) in [5, 5.41) is 10.0. The van der Waals surface area contributed by atoms with E-state index in [-0.39, 0.29) is 12.5 Å². The first-order chi connectivity index (χ1) is 11.3. The monoisotopic (exact) mass is 301 g/mol. The van der Waals surface area contributed by atoms with Crippen LogP contribution in [0.25, 0.3) is 10.9 Å². The van der Waals surface area contributed by atoms with Crippen molar-refractivity contribution in [3.05, 3.63) is 78.0 Å². The number of benzene rings is 2. The lowest BCUT2D eigenvalue weighted by atomic mass is 10.1. The quantitative estimate of drug-likeness (QED) is 0.694. The molecule has 2 aromatic carbocycles. The molecule has 0 fully saturated rings. The van der Waals surface area contributed by atoms with Crippen molar-refractivity contribution in [1.29, 1.82) is 5.26 Å². The Bertz CT molecular complexity index is 868. The molecule has 0 unspecified atom stereocenters. The Morgan fingerprint density at radius 3 is 2.52 bits per heavy atom. The van der Waals surface area contributed by atoms with Gasteiger partial charge in [-0.3, -0.25) is 4.79 Å². The average molecular weight is 301 g/mol. The number of pyridine rings is 1. The third-order valence-electron chi connectivity index (χ3n) is 3.58. The number of rotatable bonds is 4. The van der Waals surface area contributed by atoms with Gasteiger partial charge < -0.3 is 4.90 Å². The summed E-state index contributed by atoms with van der Waals surface area (Å²) in [7, 11) is 0. The molecule has 0 atom stereocenters. The van der Waals surface area contributed by atoms with Gasteiger partial charge in [0.1, 0.15) is 12.2 Å². The van der Waals surface area contributed by atoms with Crippen LogP contribution in [0.5, 0.6) is 0 Å². The highest BCUT2D eigenvalue weighted by Crippen LogP contribution is 2.14. The van der Waals surface area contributed by atoms with Gasteiger partial charge in [-0.05, 0) is 17.7 Å². The SMILES string of the molecule is N#CCN(Cc1ccccc1)C(=O)c1ccc2ccccc2n1. The molecule has 0 aliphatic heterocycles. The van der Waals surface area contributed by atoms with E-state index < -0.39 is 0 Å². The lowest BCUT2D eigenvalue weighted by molar-refractivity contribution is 0.0759. The first-order valence-electron chi connectivity index (χ1n) is 7.34. The van der Waals surface area contributed by atoms with E-state index >= 15 is 0 Å². The van der Waals surface area contributed by atoms with E-state index in [0.717, 1.165) is 16.5 Å². The molecule has 0 aliphatic rings. The predicted molar refractivity (Wildman–Crippen MR) is 88.5 cm³/mol. The number of fused-ring (bicyclic) bond motifs is 1. The molecule has 0 bridgehead atoms. The Hall–Kier alpha value is -3.19. The second kappa shape index (κ2) is 6.71. The number of para-hydroxylation sites is 1. The van der Waals surface area contributed by atoms with Crippen LogP contribution in [0.2, 0.25) is 0 Å². The van der Waals surface area contributed by atoms with Crippen LogP contribution in [0.15, 0.2) is 66.7 Å². The average Bonchev–Trinajstić information content (AvgIpc) is 2.61. The molecule has 1 aromatic heterocycles. The highest BCUT2D eigenvalue weighted by molar-refractivity contribution is 5.95. The van der Waals surface area contributed by atoms with Gasteiger partial charge in [0.25, 0.3) is 5.91 Å². The van der Waals surface area contributed by atoms with Gasteiger partial charge in [-0.1, -0.05) is 54.6 Å². The van der Waals surface area contributed by atoms with E-state index in [0.29, 0.717) is 12.2 Å². The summed E-state index contributed by atoms with van der Waals surface area (Å²) in [5.74, 6) is -0.235. The predicted octanol–water partition coefficient (Wildman–Crippen LogP) is 3.40. The molecule has 23 heavy (non-hydrogen) atoms. The topological polar surface area (TPSA) is 57.0 Å². The number of carbonyl (C=O) groups is 1. The van der Waals surface area contributed by atoms with Crippen LogP contribution in [-0.2, 0) is 6.54 Å². The van der Waals surface area contributed by atoms with Crippen molar-refractivity contribution in [3.8, 4) is 6.07 Å². The maximum absolute atomic E-state index is 12.7.